The van der Waals surface area contributed by atoms with E-state index in [0.29, 0.717) is 18.4 Å². The molecule has 6 heteroatoms. The van der Waals surface area contributed by atoms with E-state index in [4.69, 9.17) is 0 Å². The van der Waals surface area contributed by atoms with Gasteiger partial charge in [0.2, 0.25) is 5.91 Å². The van der Waals surface area contributed by atoms with Crippen molar-refractivity contribution in [3.8, 4) is 0 Å². The van der Waals surface area contributed by atoms with Gasteiger partial charge in [0.05, 0.1) is 12.0 Å². The largest absolute Gasteiger partial charge is 0.341 e. The van der Waals surface area contributed by atoms with Crippen molar-refractivity contribution in [3.05, 3.63) is 36.4 Å². The van der Waals surface area contributed by atoms with E-state index in [1.165, 1.54) is 0 Å². The summed E-state index contributed by atoms with van der Waals surface area (Å²) in [6.45, 7) is 2.40. The molecule has 4 rings (SSSR count). The van der Waals surface area contributed by atoms with Crippen molar-refractivity contribution in [1.82, 2.24) is 24.9 Å². The normalized spacial score (nSPS) is 23.5. The van der Waals surface area contributed by atoms with Crippen LogP contribution in [-0.2, 0) is 11.3 Å². The first-order chi connectivity index (χ1) is 10.8. The molecule has 0 spiro atoms. The third-order valence-electron chi connectivity index (χ3n) is 5.00. The van der Waals surface area contributed by atoms with E-state index in [9.17, 15) is 4.79 Å². The summed E-state index contributed by atoms with van der Waals surface area (Å²) in [5.41, 5.74) is 0.941. The maximum absolute atomic E-state index is 13.0. The van der Waals surface area contributed by atoms with Gasteiger partial charge in [-0.15, -0.1) is 0 Å². The Morgan fingerprint density at radius 1 is 1.41 bits per heavy atom. The van der Waals surface area contributed by atoms with E-state index in [0.717, 1.165) is 44.5 Å². The van der Waals surface area contributed by atoms with Crippen molar-refractivity contribution in [2.75, 3.05) is 13.1 Å². The van der Waals surface area contributed by atoms with Gasteiger partial charge in [-0.25, -0.2) is 0 Å². The molecule has 1 aliphatic carbocycles. The van der Waals surface area contributed by atoms with Crippen LogP contribution in [0.15, 0.2) is 30.7 Å². The Morgan fingerprint density at radius 2 is 2.32 bits per heavy atom. The van der Waals surface area contributed by atoms with E-state index in [1.54, 1.807) is 12.4 Å². The molecular weight excluding hydrogens is 278 g/mol. The van der Waals surface area contributed by atoms with Crippen LogP contribution in [-0.4, -0.2) is 43.9 Å². The molecule has 0 aromatic carbocycles. The molecule has 3 heterocycles. The Morgan fingerprint density at radius 3 is 3.00 bits per heavy atom. The van der Waals surface area contributed by atoms with Crippen molar-refractivity contribution < 1.29 is 4.79 Å². The number of piperidine rings is 1. The minimum atomic E-state index is -0.206. The third-order valence-corrected chi connectivity index (χ3v) is 5.00. The molecule has 2 aromatic rings. The van der Waals surface area contributed by atoms with E-state index in [2.05, 4.69) is 20.2 Å². The fourth-order valence-electron chi connectivity index (χ4n) is 3.54. The van der Waals surface area contributed by atoms with Gasteiger partial charge < -0.3 is 4.90 Å². The lowest BCUT2D eigenvalue weighted by molar-refractivity contribution is -0.139. The number of amides is 1. The number of carbonyl (C=O) groups excluding carboxylic acids is 1. The quantitative estimate of drug-likeness (QED) is 0.936. The smallest absolute Gasteiger partial charge is 0.230 e. The molecule has 1 atom stereocenters. The Bertz CT molecular complexity index is 630. The molecule has 2 aromatic heterocycles. The second kappa shape index (κ2) is 5.26. The number of carbonyl (C=O) groups is 1. The SMILES string of the molecule is O=C(N1CCC[C@H](c2ccn[nH]2)C1)C1(Cn2cccn2)CC1. The number of aromatic amines is 1. The van der Waals surface area contributed by atoms with Gasteiger partial charge in [-0.05, 0) is 37.8 Å². The summed E-state index contributed by atoms with van der Waals surface area (Å²) >= 11 is 0. The molecule has 1 amide bonds. The van der Waals surface area contributed by atoms with Crippen molar-refractivity contribution in [2.45, 2.75) is 38.1 Å². The van der Waals surface area contributed by atoms with Crippen LogP contribution < -0.4 is 0 Å². The number of hydrogen-bond acceptors (Lipinski definition) is 3. The van der Waals surface area contributed by atoms with E-state index in [1.807, 2.05) is 23.0 Å². The first kappa shape index (κ1) is 13.5. The average Bonchev–Trinajstić information content (AvgIpc) is 2.98. The second-order valence-electron chi connectivity index (χ2n) is 6.59. The predicted molar refractivity (Wildman–Crippen MR) is 81.0 cm³/mol. The van der Waals surface area contributed by atoms with Gasteiger partial charge >= 0.3 is 0 Å². The Kier molecular flexibility index (Phi) is 3.24. The molecule has 6 nitrogen and oxygen atoms in total. The maximum Gasteiger partial charge on any atom is 0.230 e. The van der Waals surface area contributed by atoms with Crippen LogP contribution in [0.3, 0.4) is 0 Å². The van der Waals surface area contributed by atoms with Crippen LogP contribution >= 0.6 is 0 Å². The number of likely N-dealkylation sites (tertiary alicyclic amines) is 1. The lowest BCUT2D eigenvalue weighted by Gasteiger charge is -2.34. The first-order valence-electron chi connectivity index (χ1n) is 8.03. The summed E-state index contributed by atoms with van der Waals surface area (Å²) in [5.74, 6) is 0.702. The van der Waals surface area contributed by atoms with Crippen LogP contribution in [0.4, 0.5) is 0 Å². The average molecular weight is 299 g/mol. The highest BCUT2D eigenvalue weighted by Crippen LogP contribution is 2.49. The molecule has 2 fully saturated rings. The predicted octanol–water partition coefficient (Wildman–Crippen LogP) is 1.79. The van der Waals surface area contributed by atoms with Gasteiger partial charge in [0.1, 0.15) is 0 Å². The monoisotopic (exact) mass is 299 g/mol. The highest BCUT2D eigenvalue weighted by atomic mass is 16.2. The zero-order chi connectivity index (χ0) is 15.0. The summed E-state index contributed by atoms with van der Waals surface area (Å²) < 4.78 is 1.89. The standard InChI is InChI=1S/C16H21N5O/c22-15(16(5-6-16)12-21-10-2-7-18-21)20-9-1-3-13(11-20)14-4-8-17-19-14/h2,4,7-8,10,13H,1,3,5-6,9,11-12H2,(H,17,19)/t13-/m0/s1. The van der Waals surface area contributed by atoms with Crippen LogP contribution in [0.25, 0.3) is 0 Å². The van der Waals surface area contributed by atoms with Crippen molar-refractivity contribution in [3.63, 3.8) is 0 Å². The van der Waals surface area contributed by atoms with Crippen LogP contribution in [0.5, 0.6) is 0 Å². The van der Waals surface area contributed by atoms with E-state index < -0.39 is 0 Å². The van der Waals surface area contributed by atoms with Crippen LogP contribution in [0.2, 0.25) is 0 Å². The summed E-state index contributed by atoms with van der Waals surface area (Å²) in [7, 11) is 0. The van der Waals surface area contributed by atoms with Crippen molar-refractivity contribution in [1.29, 1.82) is 0 Å². The highest BCUT2D eigenvalue weighted by Gasteiger charge is 2.52. The minimum Gasteiger partial charge on any atom is -0.341 e. The van der Waals surface area contributed by atoms with Crippen LogP contribution in [0.1, 0.15) is 37.3 Å². The number of aromatic nitrogens is 4. The first-order valence-corrected chi connectivity index (χ1v) is 8.03. The number of rotatable bonds is 4. The second-order valence-corrected chi connectivity index (χ2v) is 6.59. The summed E-state index contributed by atoms with van der Waals surface area (Å²) in [5, 5.41) is 11.4. The third kappa shape index (κ3) is 2.42. The highest BCUT2D eigenvalue weighted by molar-refractivity contribution is 5.85. The lowest BCUT2D eigenvalue weighted by atomic mass is 9.93. The molecule has 0 radical (unpaired) electrons. The molecule has 1 aliphatic heterocycles. The summed E-state index contributed by atoms with van der Waals surface area (Å²) in [4.78, 5) is 15.0. The van der Waals surface area contributed by atoms with Gasteiger partial charge in [0, 0.05) is 43.3 Å². The van der Waals surface area contributed by atoms with E-state index >= 15 is 0 Å². The van der Waals surface area contributed by atoms with Gasteiger partial charge in [0.25, 0.3) is 0 Å². The zero-order valence-electron chi connectivity index (χ0n) is 12.6. The Labute approximate surface area is 129 Å². The molecule has 22 heavy (non-hydrogen) atoms. The zero-order valence-corrected chi connectivity index (χ0v) is 12.6. The number of nitrogens with zero attached hydrogens (tertiary/aromatic N) is 4. The van der Waals surface area contributed by atoms with Gasteiger partial charge in [0.15, 0.2) is 0 Å². The molecular formula is C16H21N5O. The van der Waals surface area contributed by atoms with Gasteiger partial charge in [-0.3, -0.25) is 14.6 Å². The van der Waals surface area contributed by atoms with Crippen molar-refractivity contribution in [2.24, 2.45) is 5.41 Å². The number of H-pyrrole nitrogens is 1. The summed E-state index contributed by atoms with van der Waals surface area (Å²) in [6, 6.07) is 3.94. The van der Waals surface area contributed by atoms with Crippen LogP contribution in [0, 0.1) is 5.41 Å². The Hall–Kier alpha value is -2.11. The fourth-order valence-corrected chi connectivity index (χ4v) is 3.54. The molecule has 0 unspecified atom stereocenters. The number of nitrogens with one attached hydrogen (secondary N) is 1. The molecule has 1 N–H and O–H groups in total. The number of hydrogen-bond donors (Lipinski definition) is 1. The minimum absolute atomic E-state index is 0.206. The summed E-state index contributed by atoms with van der Waals surface area (Å²) in [6.07, 6.45) is 9.65. The molecule has 0 bridgehead atoms. The molecule has 1 saturated heterocycles. The van der Waals surface area contributed by atoms with E-state index in [-0.39, 0.29) is 5.41 Å². The maximum atomic E-state index is 13.0. The molecule has 116 valence electrons. The van der Waals surface area contributed by atoms with Crippen molar-refractivity contribution >= 4 is 5.91 Å². The van der Waals surface area contributed by atoms with Gasteiger partial charge in [-0.1, -0.05) is 0 Å². The van der Waals surface area contributed by atoms with Gasteiger partial charge in [-0.2, -0.15) is 10.2 Å². The topological polar surface area (TPSA) is 66.8 Å². The lowest BCUT2D eigenvalue weighted by Crippen LogP contribution is -2.44. The Balaban J connectivity index is 1.46. The molecule has 2 aliphatic rings. The fraction of sp³-hybridized carbons (Fsp3) is 0.562. The molecule has 1 saturated carbocycles.